The summed E-state index contributed by atoms with van der Waals surface area (Å²) in [4.78, 5) is 18.2. The van der Waals surface area contributed by atoms with Crippen molar-refractivity contribution < 1.29 is 0 Å². The summed E-state index contributed by atoms with van der Waals surface area (Å²) in [6, 6.07) is 44.8. The van der Waals surface area contributed by atoms with E-state index in [-0.39, 0.29) is 0 Å². The fraction of sp³-hybridized carbons (Fsp3) is 0.0625. The van der Waals surface area contributed by atoms with E-state index in [0.717, 1.165) is 0 Å². The molecule has 0 nitrogen and oxygen atoms in total. The Morgan fingerprint density at radius 3 is 0.845 bits per heavy atom. The topological polar surface area (TPSA) is 0 Å². The van der Waals surface area contributed by atoms with E-state index in [2.05, 4.69) is 276 Å². The molecule has 12 heterocycles. The summed E-state index contributed by atoms with van der Waals surface area (Å²) < 4.78 is 22.5. The van der Waals surface area contributed by atoms with Crippen molar-refractivity contribution in [2.24, 2.45) is 0 Å². The standard InChI is InChI=1S/2C32H16Br4S6/c1-13-3-9-19(37-13)15-5-7-17-21(11-15)39-27(23(17)33)29-25(35)31-32(41-29)26(36)30(42-31)28-24(34)18-8-6-16(12-22(18)40-28)20-10-4-14(2)38-20;1-13-3-7-15(8-4-13)17-11-19-25(37-17)21(33)27(39-19)29-23(35)31-32(41-29)24(36)30(42-31)28-22(34)26-20(40-28)12-18(38-26)16-9-5-14(2)6-10-16/h2*3-12H,1-2H3. The summed E-state index contributed by atoms with van der Waals surface area (Å²) in [5.74, 6) is 0. The second kappa shape index (κ2) is 23.4. The predicted molar refractivity (Wildman–Crippen MR) is 416 cm³/mol. The fourth-order valence-corrected chi connectivity index (χ4v) is 33.3. The molecule has 0 atom stereocenters. The molecule has 0 fully saturated rings. The van der Waals surface area contributed by atoms with Crippen LogP contribution in [-0.2, 0) is 0 Å². The maximum absolute atomic E-state index is 4.02. The lowest BCUT2D eigenvalue weighted by molar-refractivity contribution is 1.48. The minimum Gasteiger partial charge on any atom is -0.141 e. The van der Waals surface area contributed by atoms with Crippen molar-refractivity contribution in [3.63, 3.8) is 0 Å². The first-order valence-electron chi connectivity index (χ1n) is 25.5. The van der Waals surface area contributed by atoms with Gasteiger partial charge < -0.3 is 0 Å². The molecule has 16 aromatic rings. The molecular weight excluding hydrogens is 1790 g/mol. The van der Waals surface area contributed by atoms with Gasteiger partial charge in [0.05, 0.1) is 94.1 Å². The molecule has 4 aromatic carbocycles. The van der Waals surface area contributed by atoms with E-state index >= 15 is 0 Å². The van der Waals surface area contributed by atoms with Crippen molar-refractivity contribution >= 4 is 321 Å². The Morgan fingerprint density at radius 2 is 0.524 bits per heavy atom. The van der Waals surface area contributed by atoms with Crippen LogP contribution in [0, 0.1) is 27.7 Å². The number of thiophene rings is 12. The molecule has 0 bridgehead atoms. The Kier molecular flexibility index (Phi) is 16.5. The van der Waals surface area contributed by atoms with Gasteiger partial charge in [0.2, 0.25) is 0 Å². The van der Waals surface area contributed by atoms with E-state index < -0.39 is 0 Å². The molecule has 0 N–H and O–H groups in total. The van der Waals surface area contributed by atoms with Gasteiger partial charge in [-0.15, -0.1) is 136 Å². The van der Waals surface area contributed by atoms with Gasteiger partial charge in [0.1, 0.15) is 0 Å². The number of halogens is 8. The number of fused-ring (bicyclic) bond motifs is 6. The minimum atomic E-state index is 1.17. The van der Waals surface area contributed by atoms with E-state index in [4.69, 9.17) is 0 Å². The van der Waals surface area contributed by atoms with Crippen LogP contribution in [0.15, 0.2) is 157 Å². The largest absolute Gasteiger partial charge is 0.141 e. The molecule has 416 valence electrons. The second-order valence-electron chi connectivity index (χ2n) is 19.9. The number of hydrogen-bond acceptors (Lipinski definition) is 12. The highest BCUT2D eigenvalue weighted by atomic mass is 79.9. The van der Waals surface area contributed by atoms with Crippen LogP contribution < -0.4 is 0 Å². The highest BCUT2D eigenvalue weighted by Gasteiger charge is 2.29. The van der Waals surface area contributed by atoms with Crippen molar-refractivity contribution in [3.8, 4) is 80.8 Å². The second-order valence-corrected chi connectivity index (χ2v) is 39.2. The Bertz CT molecular complexity index is 4970. The number of aryl methyl sites for hydroxylation is 4. The van der Waals surface area contributed by atoms with Gasteiger partial charge in [-0.1, -0.05) is 83.9 Å². The van der Waals surface area contributed by atoms with Gasteiger partial charge >= 0.3 is 0 Å². The number of benzene rings is 4. The molecular formula is C64H32Br8S12. The first-order chi connectivity index (χ1) is 40.5. The first-order valence-corrected chi connectivity index (χ1v) is 41.6. The zero-order chi connectivity index (χ0) is 57.7. The average Bonchev–Trinajstić information content (AvgIpc) is 2.60. The maximum atomic E-state index is 4.02. The van der Waals surface area contributed by atoms with E-state index in [1.54, 1.807) is 0 Å². The van der Waals surface area contributed by atoms with Gasteiger partial charge in [-0.3, -0.25) is 0 Å². The smallest absolute Gasteiger partial charge is 0.0618 e. The van der Waals surface area contributed by atoms with Crippen LogP contribution in [0.2, 0.25) is 0 Å². The Hall–Kier alpha value is -1.32. The average molecular weight is 1820 g/mol. The molecule has 84 heavy (non-hydrogen) atoms. The normalized spacial score (nSPS) is 12.0. The molecule has 0 unspecified atom stereocenters. The van der Waals surface area contributed by atoms with E-state index in [1.165, 1.54) is 195 Å². The van der Waals surface area contributed by atoms with Gasteiger partial charge in [-0.2, -0.15) is 0 Å². The Morgan fingerprint density at radius 1 is 0.226 bits per heavy atom. The van der Waals surface area contributed by atoms with Crippen molar-refractivity contribution in [3.05, 3.63) is 178 Å². The minimum absolute atomic E-state index is 1.17. The molecule has 0 spiro atoms. The zero-order valence-electron chi connectivity index (χ0n) is 43.5. The van der Waals surface area contributed by atoms with Crippen LogP contribution in [0.25, 0.3) is 139 Å². The molecule has 0 aliphatic heterocycles. The van der Waals surface area contributed by atoms with E-state index in [0.29, 0.717) is 0 Å². The fourth-order valence-electron chi connectivity index (χ4n) is 9.99. The van der Waals surface area contributed by atoms with Gasteiger partial charge in [0.25, 0.3) is 0 Å². The van der Waals surface area contributed by atoms with Gasteiger partial charge in [-0.25, -0.2) is 0 Å². The first kappa shape index (κ1) is 59.0. The maximum Gasteiger partial charge on any atom is 0.0618 e. The Labute approximate surface area is 598 Å². The third kappa shape index (κ3) is 10.3. The van der Waals surface area contributed by atoms with Crippen LogP contribution in [-0.4, -0.2) is 0 Å². The highest BCUT2D eigenvalue weighted by molar-refractivity contribution is 9.12. The van der Waals surface area contributed by atoms with Crippen LogP contribution in [0.4, 0.5) is 0 Å². The number of rotatable bonds is 8. The molecule has 0 amide bonds. The molecule has 0 aliphatic carbocycles. The highest BCUT2D eigenvalue weighted by Crippen LogP contribution is 2.61. The van der Waals surface area contributed by atoms with Crippen molar-refractivity contribution in [2.75, 3.05) is 0 Å². The summed E-state index contributed by atoms with van der Waals surface area (Å²) in [7, 11) is 0. The summed E-state index contributed by atoms with van der Waals surface area (Å²) in [6.07, 6.45) is 0. The number of hydrogen-bond donors (Lipinski definition) is 0. The van der Waals surface area contributed by atoms with Gasteiger partial charge in [0, 0.05) is 67.8 Å². The van der Waals surface area contributed by atoms with Crippen molar-refractivity contribution in [1.29, 1.82) is 0 Å². The van der Waals surface area contributed by atoms with Crippen LogP contribution in [0.1, 0.15) is 20.9 Å². The zero-order valence-corrected chi connectivity index (χ0v) is 66.0. The summed E-state index contributed by atoms with van der Waals surface area (Å²) in [5.41, 5.74) is 7.70. The monoisotopic (exact) mass is 1820 g/mol. The van der Waals surface area contributed by atoms with Crippen LogP contribution in [0.3, 0.4) is 0 Å². The SMILES string of the molecule is Cc1ccc(-c2cc3sc(-c4sc5c(Br)c(-c6sc7cc(-c8ccc(C)cc8)sc7c6Br)sc5c4Br)c(Br)c3s2)cc1.Cc1ccc(-c2ccc3c(Br)c(-c4sc5c(Br)c(-c6sc7cc(-c8ccc(C)s8)ccc7c6Br)sc5c4Br)sc3c2)s1. The quantitative estimate of drug-likeness (QED) is 0.142. The molecule has 0 aliphatic rings. The third-order valence-corrected chi connectivity index (χ3v) is 39.4. The Balaban J connectivity index is 0.000000143. The molecule has 0 saturated heterocycles. The molecule has 16 rings (SSSR count). The van der Waals surface area contributed by atoms with Crippen LogP contribution >= 0.6 is 263 Å². The molecule has 0 saturated carbocycles. The third-order valence-electron chi connectivity index (χ3n) is 14.2. The van der Waals surface area contributed by atoms with E-state index in [9.17, 15) is 0 Å². The lowest BCUT2D eigenvalue weighted by Crippen LogP contribution is -1.73. The van der Waals surface area contributed by atoms with Gasteiger partial charge in [0.15, 0.2) is 0 Å². The molecule has 12 aromatic heterocycles. The molecule has 0 radical (unpaired) electrons. The lowest BCUT2D eigenvalue weighted by Gasteiger charge is -2.00. The lowest BCUT2D eigenvalue weighted by atomic mass is 10.1. The van der Waals surface area contributed by atoms with Gasteiger partial charge in [-0.05, 0) is 226 Å². The van der Waals surface area contributed by atoms with Crippen molar-refractivity contribution in [2.45, 2.75) is 27.7 Å². The summed E-state index contributed by atoms with van der Waals surface area (Å²) >= 11 is 54.3. The van der Waals surface area contributed by atoms with Crippen LogP contribution in [0.5, 0.6) is 0 Å². The van der Waals surface area contributed by atoms with Crippen molar-refractivity contribution in [1.82, 2.24) is 0 Å². The summed E-state index contributed by atoms with van der Waals surface area (Å²) in [5, 5.41) is 2.53. The summed E-state index contributed by atoms with van der Waals surface area (Å²) in [6.45, 7) is 8.60. The molecule has 20 heteroatoms. The predicted octanol–water partition coefficient (Wildman–Crippen LogP) is 31.7. The van der Waals surface area contributed by atoms with E-state index in [1.807, 2.05) is 136 Å².